The summed E-state index contributed by atoms with van der Waals surface area (Å²) in [6.45, 7) is 19.4. The fourth-order valence-corrected chi connectivity index (χ4v) is 13.4. The molecule has 0 bridgehead atoms. The van der Waals surface area contributed by atoms with Crippen LogP contribution in [0.4, 0.5) is 0 Å². The van der Waals surface area contributed by atoms with E-state index in [4.69, 9.17) is 0 Å². The molecule has 0 spiro atoms. The summed E-state index contributed by atoms with van der Waals surface area (Å²) in [6, 6.07) is 0.722. The van der Waals surface area contributed by atoms with E-state index in [0.29, 0.717) is 0 Å². The van der Waals surface area contributed by atoms with E-state index in [1.807, 2.05) is 0 Å². The Morgan fingerprint density at radius 1 is 0.833 bits per heavy atom. The zero-order valence-electron chi connectivity index (χ0n) is 14.0. The maximum atomic E-state index is 2.65. The van der Waals surface area contributed by atoms with Crippen LogP contribution in [-0.4, -0.2) is 45.5 Å². The summed E-state index contributed by atoms with van der Waals surface area (Å²) in [5, 5.41) is 0. The van der Waals surface area contributed by atoms with Crippen LogP contribution < -0.4 is 0 Å². The van der Waals surface area contributed by atoms with Crippen molar-refractivity contribution in [2.75, 3.05) is 13.1 Å². The number of rotatable bonds is 10. The van der Waals surface area contributed by atoms with Gasteiger partial charge in [-0.2, -0.15) is 0 Å². The van der Waals surface area contributed by atoms with Gasteiger partial charge in [0.1, 0.15) is 0 Å². The molecule has 0 aliphatic rings. The van der Waals surface area contributed by atoms with E-state index in [9.17, 15) is 0 Å². The SMILES string of the molecule is CCCN(CCC[CH2][In]([CH](C)C)[CH](C)C)C(C)C. The maximum absolute atomic E-state index is 2.65. The van der Waals surface area contributed by atoms with Gasteiger partial charge in [-0.05, 0) is 0 Å². The first-order valence-electron chi connectivity index (χ1n) is 8.14. The number of unbranched alkanes of at least 4 members (excludes halogenated alkanes) is 1. The van der Waals surface area contributed by atoms with Gasteiger partial charge in [-0.1, -0.05) is 0 Å². The minimum atomic E-state index is -1.22. The Bertz CT molecular complexity index is 182. The quantitative estimate of drug-likeness (QED) is 0.486. The summed E-state index contributed by atoms with van der Waals surface area (Å²) in [5.41, 5.74) is 0. The first-order chi connectivity index (χ1) is 8.40. The van der Waals surface area contributed by atoms with Gasteiger partial charge in [0.05, 0.1) is 0 Å². The molecule has 0 N–H and O–H groups in total. The Kier molecular flexibility index (Phi) is 11.1. The van der Waals surface area contributed by atoms with E-state index >= 15 is 0 Å². The molecule has 0 aliphatic heterocycles. The number of hydrogen-bond acceptors (Lipinski definition) is 1. The fourth-order valence-electron chi connectivity index (χ4n) is 3.05. The molecular weight excluding hydrogens is 321 g/mol. The monoisotopic (exact) mass is 357 g/mol. The van der Waals surface area contributed by atoms with E-state index in [1.165, 1.54) is 32.4 Å². The fraction of sp³-hybridized carbons (Fsp3) is 1.00. The van der Waals surface area contributed by atoms with Crippen LogP contribution in [0.2, 0.25) is 11.5 Å². The Labute approximate surface area is 124 Å². The molecule has 0 atom stereocenters. The second-order valence-corrected chi connectivity index (χ2v) is 19.8. The number of nitrogens with zero attached hydrogens (tertiary/aromatic N) is 1. The van der Waals surface area contributed by atoms with Crippen molar-refractivity contribution in [2.24, 2.45) is 0 Å². The van der Waals surface area contributed by atoms with Crippen LogP contribution >= 0.6 is 0 Å². The summed E-state index contributed by atoms with van der Waals surface area (Å²) in [5.74, 6) is 0. The molecule has 108 valence electrons. The van der Waals surface area contributed by atoms with Gasteiger partial charge in [-0.25, -0.2) is 0 Å². The van der Waals surface area contributed by atoms with Crippen molar-refractivity contribution < 1.29 is 0 Å². The molecule has 0 aliphatic carbocycles. The molecule has 0 fully saturated rings. The van der Waals surface area contributed by atoms with Crippen LogP contribution in [0.3, 0.4) is 0 Å². The van der Waals surface area contributed by atoms with Crippen molar-refractivity contribution in [1.82, 2.24) is 4.90 Å². The minimum absolute atomic E-state index is 0.722. The third-order valence-corrected chi connectivity index (χ3v) is 17.0. The van der Waals surface area contributed by atoms with Gasteiger partial charge in [0.25, 0.3) is 0 Å². The first-order valence-corrected chi connectivity index (χ1v) is 14.3. The molecule has 0 aromatic rings. The van der Waals surface area contributed by atoms with Gasteiger partial charge in [0, 0.05) is 0 Å². The predicted molar refractivity (Wildman–Crippen MR) is 87.0 cm³/mol. The van der Waals surface area contributed by atoms with Crippen molar-refractivity contribution >= 4 is 21.4 Å². The third-order valence-electron chi connectivity index (χ3n) is 4.19. The molecule has 0 saturated heterocycles. The second-order valence-electron chi connectivity index (χ2n) is 6.78. The molecular formula is C16H36InN. The van der Waals surface area contributed by atoms with E-state index in [0.717, 1.165) is 13.4 Å². The van der Waals surface area contributed by atoms with Gasteiger partial charge < -0.3 is 0 Å². The van der Waals surface area contributed by atoms with Crippen molar-refractivity contribution in [2.45, 2.75) is 85.3 Å². The summed E-state index contributed by atoms with van der Waals surface area (Å²) in [4.78, 5) is 2.65. The van der Waals surface area contributed by atoms with E-state index in [-0.39, 0.29) is 0 Å². The number of hydrogen-bond donors (Lipinski definition) is 0. The average molecular weight is 357 g/mol. The van der Waals surface area contributed by atoms with Crippen molar-refractivity contribution in [3.05, 3.63) is 0 Å². The Morgan fingerprint density at radius 2 is 1.39 bits per heavy atom. The van der Waals surface area contributed by atoms with E-state index in [2.05, 4.69) is 53.4 Å². The average Bonchev–Trinajstić information content (AvgIpc) is 2.25. The van der Waals surface area contributed by atoms with Crippen LogP contribution in [0.5, 0.6) is 0 Å². The summed E-state index contributed by atoms with van der Waals surface area (Å²) in [6.07, 6.45) is 4.20. The van der Waals surface area contributed by atoms with Crippen LogP contribution in [0.15, 0.2) is 0 Å². The Balaban J connectivity index is 3.88. The molecule has 2 heteroatoms. The van der Waals surface area contributed by atoms with Crippen LogP contribution in [0.1, 0.15) is 67.7 Å². The molecule has 1 nitrogen and oxygen atoms in total. The molecule has 0 unspecified atom stereocenters. The molecule has 0 amide bonds. The second kappa shape index (κ2) is 10.6. The standard InChI is InChI=1S/C10H22N.2C3H7.In/c1-5-7-9-11(8-6-2)10(3)4;2*1-3-2;/h10H,1,5-9H2,2-4H3;2*3H,1-2H3;. The predicted octanol–water partition coefficient (Wildman–Crippen LogP) is 5.20. The van der Waals surface area contributed by atoms with Crippen LogP contribution in [0, 0.1) is 0 Å². The summed E-state index contributed by atoms with van der Waals surface area (Å²) in [7, 11) is 0. The van der Waals surface area contributed by atoms with Gasteiger partial charge in [0.2, 0.25) is 0 Å². The van der Waals surface area contributed by atoms with Crippen LogP contribution in [-0.2, 0) is 0 Å². The van der Waals surface area contributed by atoms with Crippen molar-refractivity contribution in [3.8, 4) is 0 Å². The van der Waals surface area contributed by atoms with Gasteiger partial charge in [0.15, 0.2) is 0 Å². The third kappa shape index (κ3) is 8.09. The summed E-state index contributed by atoms with van der Waals surface area (Å²) < 4.78 is 3.71. The molecule has 0 heterocycles. The molecule has 0 aromatic carbocycles. The molecule has 0 aromatic heterocycles. The van der Waals surface area contributed by atoms with Gasteiger partial charge in [-0.15, -0.1) is 0 Å². The topological polar surface area (TPSA) is 3.24 Å². The van der Waals surface area contributed by atoms with Crippen molar-refractivity contribution in [1.29, 1.82) is 0 Å². The molecule has 18 heavy (non-hydrogen) atoms. The summed E-state index contributed by atoms with van der Waals surface area (Å²) >= 11 is -1.22. The first kappa shape index (κ1) is 18.8. The molecule has 0 radical (unpaired) electrons. The zero-order valence-corrected chi connectivity index (χ0v) is 17.3. The van der Waals surface area contributed by atoms with Gasteiger partial charge in [-0.3, -0.25) is 0 Å². The molecule has 0 saturated carbocycles. The van der Waals surface area contributed by atoms with E-state index in [1.54, 1.807) is 4.18 Å². The Hall–Kier alpha value is 0.830. The molecule has 0 rings (SSSR count). The van der Waals surface area contributed by atoms with Crippen LogP contribution in [0.25, 0.3) is 0 Å². The zero-order chi connectivity index (χ0) is 14.1. The normalized spacial score (nSPS) is 12.2. The Morgan fingerprint density at radius 3 is 1.78 bits per heavy atom. The van der Waals surface area contributed by atoms with E-state index < -0.39 is 21.4 Å². The van der Waals surface area contributed by atoms with Crippen molar-refractivity contribution in [3.63, 3.8) is 0 Å². The van der Waals surface area contributed by atoms with Gasteiger partial charge >= 0.3 is 125 Å².